The summed E-state index contributed by atoms with van der Waals surface area (Å²) in [5.41, 5.74) is -0.404. The maximum absolute atomic E-state index is 12.5. The molecule has 22 heavy (non-hydrogen) atoms. The van der Waals surface area contributed by atoms with Crippen LogP contribution in [0.25, 0.3) is 0 Å². The molecule has 0 bridgehead atoms. The molecule has 130 valence electrons. The molecule has 1 saturated carbocycles. The number of ether oxygens (including phenoxy) is 2. The predicted octanol–water partition coefficient (Wildman–Crippen LogP) is 3.68. The zero-order valence-corrected chi connectivity index (χ0v) is 15.7. The van der Waals surface area contributed by atoms with Gasteiger partial charge in [0.1, 0.15) is 0 Å². The van der Waals surface area contributed by atoms with Crippen molar-refractivity contribution in [3.8, 4) is 0 Å². The summed E-state index contributed by atoms with van der Waals surface area (Å²) in [6, 6.07) is 0. The van der Waals surface area contributed by atoms with E-state index in [1.54, 1.807) is 0 Å². The average molecular weight is 313 g/mol. The molecule has 0 saturated heterocycles. The van der Waals surface area contributed by atoms with Crippen LogP contribution in [0.5, 0.6) is 0 Å². The van der Waals surface area contributed by atoms with Crippen LogP contribution < -0.4 is 5.32 Å². The number of rotatable bonds is 4. The summed E-state index contributed by atoms with van der Waals surface area (Å²) in [5, 5.41) is 3.10. The molecule has 3 atom stereocenters. The van der Waals surface area contributed by atoms with E-state index in [4.69, 9.17) is 9.47 Å². The SMILES string of the molecule is CC(C)OC1CC(OC(C)(C)C)CC(C(=O)NC(C)(C)C)C1. The van der Waals surface area contributed by atoms with Gasteiger partial charge >= 0.3 is 0 Å². The van der Waals surface area contributed by atoms with E-state index in [9.17, 15) is 4.79 Å². The Morgan fingerprint density at radius 3 is 2.00 bits per heavy atom. The summed E-state index contributed by atoms with van der Waals surface area (Å²) in [7, 11) is 0. The van der Waals surface area contributed by atoms with Gasteiger partial charge in [0.2, 0.25) is 5.91 Å². The first-order valence-corrected chi connectivity index (χ1v) is 8.51. The van der Waals surface area contributed by atoms with Crippen LogP contribution in [0.4, 0.5) is 0 Å². The minimum atomic E-state index is -0.205. The zero-order chi connectivity index (χ0) is 17.1. The Bertz CT molecular complexity index is 366. The average Bonchev–Trinajstić information content (AvgIpc) is 2.22. The molecule has 0 spiro atoms. The second kappa shape index (κ2) is 7.31. The van der Waals surface area contributed by atoms with Crippen LogP contribution in [-0.2, 0) is 14.3 Å². The van der Waals surface area contributed by atoms with Gasteiger partial charge in [0.15, 0.2) is 0 Å². The van der Waals surface area contributed by atoms with Gasteiger partial charge in [-0.1, -0.05) is 0 Å². The molecule has 3 unspecified atom stereocenters. The summed E-state index contributed by atoms with van der Waals surface area (Å²) in [6.45, 7) is 16.3. The summed E-state index contributed by atoms with van der Waals surface area (Å²) >= 11 is 0. The quantitative estimate of drug-likeness (QED) is 0.861. The maximum atomic E-state index is 12.5. The van der Waals surface area contributed by atoms with Crippen LogP contribution in [0.15, 0.2) is 0 Å². The highest BCUT2D eigenvalue weighted by atomic mass is 16.5. The van der Waals surface area contributed by atoms with Crippen LogP contribution in [0.3, 0.4) is 0 Å². The lowest BCUT2D eigenvalue weighted by atomic mass is 9.83. The Morgan fingerprint density at radius 2 is 1.55 bits per heavy atom. The fourth-order valence-corrected chi connectivity index (χ4v) is 2.99. The van der Waals surface area contributed by atoms with E-state index in [0.717, 1.165) is 19.3 Å². The summed E-state index contributed by atoms with van der Waals surface area (Å²) < 4.78 is 12.1. The van der Waals surface area contributed by atoms with E-state index >= 15 is 0 Å². The largest absolute Gasteiger partial charge is 0.375 e. The van der Waals surface area contributed by atoms with Crippen molar-refractivity contribution >= 4 is 5.91 Å². The lowest BCUT2D eigenvalue weighted by Crippen LogP contribution is -2.48. The standard InChI is InChI=1S/C18H35NO3/c1-12(2)21-14-9-13(16(20)19-17(3,4)5)10-15(11-14)22-18(6,7)8/h12-15H,9-11H2,1-8H3,(H,19,20). The highest BCUT2D eigenvalue weighted by Crippen LogP contribution is 2.32. The molecule has 0 heterocycles. The van der Waals surface area contributed by atoms with Gasteiger partial charge in [-0.05, 0) is 74.7 Å². The summed E-state index contributed by atoms with van der Waals surface area (Å²) in [6.07, 6.45) is 2.77. The molecule has 1 aliphatic rings. The van der Waals surface area contributed by atoms with Crippen LogP contribution in [0, 0.1) is 5.92 Å². The van der Waals surface area contributed by atoms with Crippen LogP contribution in [0.1, 0.15) is 74.7 Å². The third kappa shape index (κ3) is 7.59. The van der Waals surface area contributed by atoms with Crippen molar-refractivity contribution in [3.05, 3.63) is 0 Å². The number of nitrogens with one attached hydrogen (secondary N) is 1. The number of amides is 1. The molecule has 0 aromatic carbocycles. The number of carbonyl (C=O) groups is 1. The lowest BCUT2D eigenvalue weighted by molar-refractivity contribution is -0.144. The van der Waals surface area contributed by atoms with Crippen molar-refractivity contribution in [3.63, 3.8) is 0 Å². The summed E-state index contributed by atoms with van der Waals surface area (Å²) in [4.78, 5) is 12.5. The molecule has 0 aromatic heterocycles. The topological polar surface area (TPSA) is 47.6 Å². The molecule has 0 aromatic rings. The molecule has 1 N–H and O–H groups in total. The van der Waals surface area contributed by atoms with E-state index in [0.29, 0.717) is 0 Å². The Hall–Kier alpha value is -0.610. The fraction of sp³-hybridized carbons (Fsp3) is 0.944. The van der Waals surface area contributed by atoms with Gasteiger partial charge in [0.05, 0.1) is 23.9 Å². The first kappa shape index (κ1) is 19.4. The van der Waals surface area contributed by atoms with Crippen LogP contribution in [-0.4, -0.2) is 35.4 Å². The van der Waals surface area contributed by atoms with Gasteiger partial charge < -0.3 is 14.8 Å². The number of hydrogen-bond donors (Lipinski definition) is 1. The smallest absolute Gasteiger partial charge is 0.223 e. The predicted molar refractivity (Wildman–Crippen MR) is 89.9 cm³/mol. The minimum absolute atomic E-state index is 0.0379. The second-order valence-electron chi connectivity index (χ2n) is 8.80. The molecule has 4 nitrogen and oxygen atoms in total. The molecule has 1 rings (SSSR count). The van der Waals surface area contributed by atoms with E-state index in [2.05, 4.69) is 26.1 Å². The summed E-state index contributed by atoms with van der Waals surface area (Å²) in [5.74, 6) is 0.0798. The Morgan fingerprint density at radius 1 is 1.00 bits per heavy atom. The van der Waals surface area contributed by atoms with Crippen LogP contribution >= 0.6 is 0 Å². The Balaban J connectivity index is 2.76. The minimum Gasteiger partial charge on any atom is -0.375 e. The van der Waals surface area contributed by atoms with Crippen molar-refractivity contribution in [1.29, 1.82) is 0 Å². The molecule has 4 heteroatoms. The molecule has 1 aliphatic carbocycles. The normalized spacial score (nSPS) is 27.0. The van der Waals surface area contributed by atoms with Crippen molar-refractivity contribution in [2.75, 3.05) is 0 Å². The highest BCUT2D eigenvalue weighted by molar-refractivity contribution is 5.79. The molecule has 1 amide bonds. The first-order chi connectivity index (χ1) is 9.85. The third-order valence-electron chi connectivity index (χ3n) is 3.47. The molecule has 0 aliphatic heterocycles. The van der Waals surface area contributed by atoms with Crippen LogP contribution in [0.2, 0.25) is 0 Å². The number of hydrogen-bond acceptors (Lipinski definition) is 3. The van der Waals surface area contributed by atoms with Gasteiger partial charge in [-0.25, -0.2) is 0 Å². The van der Waals surface area contributed by atoms with Gasteiger partial charge in [0, 0.05) is 11.5 Å². The first-order valence-electron chi connectivity index (χ1n) is 8.51. The van der Waals surface area contributed by atoms with E-state index in [1.807, 2.05) is 34.6 Å². The molecular formula is C18H35NO3. The molecule has 0 radical (unpaired) electrons. The van der Waals surface area contributed by atoms with Gasteiger partial charge in [-0.3, -0.25) is 4.79 Å². The maximum Gasteiger partial charge on any atom is 0.223 e. The van der Waals surface area contributed by atoms with Crippen molar-refractivity contribution in [2.24, 2.45) is 5.92 Å². The molecule has 1 fully saturated rings. The highest BCUT2D eigenvalue weighted by Gasteiger charge is 2.36. The lowest BCUT2D eigenvalue weighted by Gasteiger charge is -2.38. The van der Waals surface area contributed by atoms with Gasteiger partial charge in [0.25, 0.3) is 0 Å². The third-order valence-corrected chi connectivity index (χ3v) is 3.47. The molecular weight excluding hydrogens is 278 g/mol. The zero-order valence-electron chi connectivity index (χ0n) is 15.7. The van der Waals surface area contributed by atoms with E-state index < -0.39 is 0 Å². The Labute approximate surface area is 136 Å². The Kier molecular flexibility index (Phi) is 6.46. The number of carbonyl (C=O) groups excluding carboxylic acids is 1. The van der Waals surface area contributed by atoms with E-state index in [-0.39, 0.29) is 41.3 Å². The van der Waals surface area contributed by atoms with E-state index in [1.165, 1.54) is 0 Å². The van der Waals surface area contributed by atoms with Crippen molar-refractivity contribution in [2.45, 2.75) is 104 Å². The van der Waals surface area contributed by atoms with Gasteiger partial charge in [-0.2, -0.15) is 0 Å². The monoisotopic (exact) mass is 313 g/mol. The second-order valence-corrected chi connectivity index (χ2v) is 8.80. The van der Waals surface area contributed by atoms with Crippen molar-refractivity contribution in [1.82, 2.24) is 5.32 Å². The van der Waals surface area contributed by atoms with Gasteiger partial charge in [-0.15, -0.1) is 0 Å². The fourth-order valence-electron chi connectivity index (χ4n) is 2.99. The van der Waals surface area contributed by atoms with Crippen molar-refractivity contribution < 1.29 is 14.3 Å².